The molecule has 0 unspecified atom stereocenters. The van der Waals surface area contributed by atoms with Crippen LogP contribution in [-0.4, -0.2) is 33.9 Å². The van der Waals surface area contributed by atoms with Gasteiger partial charge in [0, 0.05) is 5.56 Å². The van der Waals surface area contributed by atoms with Crippen molar-refractivity contribution in [2.45, 2.75) is 56.3 Å². The Labute approximate surface area is 226 Å². The van der Waals surface area contributed by atoms with Gasteiger partial charge in [0.25, 0.3) is 21.8 Å². The maximum absolute atomic E-state index is 14.1. The fourth-order valence-corrected chi connectivity index (χ4v) is 7.88. The second kappa shape index (κ2) is 10.1. The van der Waals surface area contributed by atoms with Gasteiger partial charge in [0.1, 0.15) is 16.4 Å². The third-order valence-corrected chi connectivity index (χ3v) is 10.0. The summed E-state index contributed by atoms with van der Waals surface area (Å²) < 4.78 is 40.3. The number of nitrogens with zero attached hydrogens (tertiary/aromatic N) is 1. The molecule has 0 atom stereocenters. The monoisotopic (exact) mass is 554 g/mol. The van der Waals surface area contributed by atoms with E-state index < -0.39 is 21.3 Å². The number of sulfonamides is 1. The first-order valence-corrected chi connectivity index (χ1v) is 15.0. The first-order valence-electron chi connectivity index (χ1n) is 12.6. The molecule has 1 spiro atoms. The van der Waals surface area contributed by atoms with Crippen LogP contribution in [0.1, 0.15) is 60.5 Å². The lowest BCUT2D eigenvalue weighted by molar-refractivity contribution is -0.123. The van der Waals surface area contributed by atoms with E-state index in [4.69, 9.17) is 9.47 Å². The standard InChI is InChI=1S/C28H30N2O6S2/c1-4-36-20-9-10-22-21(17-20)28(13-6-5-7-14-28)27(32)30(22)38(33,34)24-11-8-19(16-23(24)35-3)25(31)29-26-18(2)12-15-37-26/h8-12,15-17H,4-7,13-14H2,1-3H3,(H,29,31). The summed E-state index contributed by atoms with van der Waals surface area (Å²) in [6.45, 7) is 4.23. The number of nitrogens with one attached hydrogen (secondary N) is 1. The number of benzene rings is 2. The summed E-state index contributed by atoms with van der Waals surface area (Å²) in [6.07, 6.45) is 3.85. The lowest BCUT2D eigenvalue weighted by Crippen LogP contribution is -2.44. The third-order valence-electron chi connectivity index (χ3n) is 7.35. The topological polar surface area (TPSA) is 102 Å². The van der Waals surface area contributed by atoms with E-state index in [0.717, 1.165) is 29.1 Å². The fourth-order valence-electron chi connectivity index (χ4n) is 5.42. The Kier molecular flexibility index (Phi) is 6.96. The highest BCUT2D eigenvalue weighted by Gasteiger charge is 2.55. The van der Waals surface area contributed by atoms with E-state index in [1.54, 1.807) is 12.1 Å². The van der Waals surface area contributed by atoms with Gasteiger partial charge in [0.15, 0.2) is 0 Å². The first kappa shape index (κ1) is 26.2. The van der Waals surface area contributed by atoms with Gasteiger partial charge in [-0.05, 0) is 85.7 Å². The Bertz CT molecular complexity index is 1510. The predicted molar refractivity (Wildman–Crippen MR) is 147 cm³/mol. The van der Waals surface area contributed by atoms with Crippen molar-refractivity contribution in [3.63, 3.8) is 0 Å². The minimum absolute atomic E-state index is 0.00886. The number of carbonyl (C=O) groups excluding carboxylic acids is 2. The van der Waals surface area contributed by atoms with Gasteiger partial charge in [-0.25, -0.2) is 12.7 Å². The van der Waals surface area contributed by atoms with E-state index in [9.17, 15) is 18.0 Å². The van der Waals surface area contributed by atoms with Crippen LogP contribution in [0.15, 0.2) is 52.7 Å². The number of thiophene rings is 1. The second-order valence-corrected chi connectivity index (χ2v) is 12.3. The van der Waals surface area contributed by atoms with E-state index in [1.807, 2.05) is 31.4 Å². The fraction of sp³-hybridized carbons (Fsp3) is 0.357. The van der Waals surface area contributed by atoms with Crippen molar-refractivity contribution in [1.82, 2.24) is 0 Å². The molecule has 1 aromatic heterocycles. The maximum Gasteiger partial charge on any atom is 0.274 e. The molecule has 1 N–H and O–H groups in total. The van der Waals surface area contributed by atoms with Crippen molar-refractivity contribution in [3.05, 3.63) is 64.5 Å². The summed E-state index contributed by atoms with van der Waals surface area (Å²) in [5.41, 5.74) is 1.31. The molecular weight excluding hydrogens is 524 g/mol. The molecule has 2 heterocycles. The summed E-state index contributed by atoms with van der Waals surface area (Å²) >= 11 is 1.40. The third kappa shape index (κ3) is 4.25. The zero-order chi connectivity index (χ0) is 27.1. The highest BCUT2D eigenvalue weighted by molar-refractivity contribution is 7.93. The number of methoxy groups -OCH3 is 1. The summed E-state index contributed by atoms with van der Waals surface area (Å²) in [4.78, 5) is 26.7. The molecule has 5 rings (SSSR count). The highest BCUT2D eigenvalue weighted by atomic mass is 32.2. The molecule has 8 nitrogen and oxygen atoms in total. The van der Waals surface area contributed by atoms with Crippen LogP contribution in [-0.2, 0) is 20.2 Å². The van der Waals surface area contributed by atoms with Crippen molar-refractivity contribution < 1.29 is 27.5 Å². The molecule has 1 saturated carbocycles. The van der Waals surface area contributed by atoms with Gasteiger partial charge in [0.2, 0.25) is 0 Å². The summed E-state index contributed by atoms with van der Waals surface area (Å²) in [7, 11) is -3.01. The number of amides is 2. The Hall–Kier alpha value is -3.37. The second-order valence-electron chi connectivity index (χ2n) is 9.58. The van der Waals surface area contributed by atoms with Crippen LogP contribution in [0.5, 0.6) is 11.5 Å². The Morgan fingerprint density at radius 1 is 1.11 bits per heavy atom. The summed E-state index contributed by atoms with van der Waals surface area (Å²) in [5, 5.41) is 5.44. The van der Waals surface area contributed by atoms with Crippen molar-refractivity contribution in [2.75, 3.05) is 23.3 Å². The Morgan fingerprint density at radius 3 is 2.53 bits per heavy atom. The molecule has 2 aromatic carbocycles. The van der Waals surface area contributed by atoms with Crippen LogP contribution < -0.4 is 19.1 Å². The number of ether oxygens (including phenoxy) is 2. The number of anilines is 2. The molecule has 2 aliphatic rings. The van der Waals surface area contributed by atoms with Gasteiger partial charge >= 0.3 is 0 Å². The van der Waals surface area contributed by atoms with Crippen molar-refractivity contribution in [1.29, 1.82) is 0 Å². The average Bonchev–Trinajstić information content (AvgIpc) is 3.42. The van der Waals surface area contributed by atoms with E-state index in [2.05, 4.69) is 5.32 Å². The smallest absolute Gasteiger partial charge is 0.274 e. The SMILES string of the molecule is CCOc1ccc2c(c1)C1(CCCCC1)C(=O)N2S(=O)(=O)c1ccc(C(=O)Nc2sccc2C)cc1OC. The Morgan fingerprint density at radius 2 is 1.87 bits per heavy atom. The van der Waals surface area contributed by atoms with Crippen molar-refractivity contribution in [2.24, 2.45) is 0 Å². The van der Waals surface area contributed by atoms with Crippen molar-refractivity contribution in [3.8, 4) is 11.5 Å². The zero-order valence-electron chi connectivity index (χ0n) is 21.6. The number of aryl methyl sites for hydroxylation is 1. The van der Waals surface area contributed by atoms with Crippen molar-refractivity contribution >= 4 is 43.9 Å². The Balaban J connectivity index is 1.55. The van der Waals surface area contributed by atoms with E-state index >= 15 is 0 Å². The zero-order valence-corrected chi connectivity index (χ0v) is 23.2. The lowest BCUT2D eigenvalue weighted by atomic mass is 9.70. The molecule has 1 fully saturated rings. The molecule has 0 bridgehead atoms. The molecule has 1 aliphatic carbocycles. The first-order chi connectivity index (χ1) is 18.2. The largest absolute Gasteiger partial charge is 0.495 e. The molecule has 200 valence electrons. The molecule has 0 radical (unpaired) electrons. The predicted octanol–water partition coefficient (Wildman–Crippen LogP) is 5.65. The number of hydrogen-bond acceptors (Lipinski definition) is 7. The maximum atomic E-state index is 14.1. The van der Waals surface area contributed by atoms with Crippen LogP contribution in [0.2, 0.25) is 0 Å². The normalized spacial score (nSPS) is 16.4. The molecular formula is C28H30N2O6S2. The van der Waals surface area contributed by atoms with Crippen LogP contribution in [0.4, 0.5) is 10.7 Å². The van der Waals surface area contributed by atoms with Crippen LogP contribution >= 0.6 is 11.3 Å². The molecule has 38 heavy (non-hydrogen) atoms. The van der Waals surface area contributed by atoms with E-state index in [-0.39, 0.29) is 22.1 Å². The van der Waals surface area contributed by atoms with E-state index in [0.29, 0.717) is 41.4 Å². The minimum Gasteiger partial charge on any atom is -0.495 e. The van der Waals surface area contributed by atoms with Gasteiger partial charge < -0.3 is 14.8 Å². The van der Waals surface area contributed by atoms with Gasteiger partial charge in [-0.1, -0.05) is 19.3 Å². The average molecular weight is 555 g/mol. The van der Waals surface area contributed by atoms with Gasteiger partial charge in [-0.2, -0.15) is 0 Å². The molecule has 0 saturated heterocycles. The van der Waals surface area contributed by atoms with Crippen LogP contribution in [0.25, 0.3) is 0 Å². The molecule has 2 amide bonds. The van der Waals surface area contributed by atoms with Gasteiger partial charge in [-0.15, -0.1) is 11.3 Å². The number of rotatable bonds is 7. The minimum atomic E-state index is -4.36. The van der Waals surface area contributed by atoms with Gasteiger partial charge in [0.05, 0.1) is 29.8 Å². The van der Waals surface area contributed by atoms with Gasteiger partial charge in [-0.3, -0.25) is 9.59 Å². The van der Waals surface area contributed by atoms with Crippen LogP contribution in [0.3, 0.4) is 0 Å². The number of hydrogen-bond donors (Lipinski definition) is 1. The summed E-state index contributed by atoms with van der Waals surface area (Å²) in [5.74, 6) is -0.231. The van der Waals surface area contributed by atoms with Crippen LogP contribution in [0, 0.1) is 6.92 Å². The molecule has 10 heteroatoms. The number of fused-ring (bicyclic) bond motifs is 2. The molecule has 1 aliphatic heterocycles. The summed E-state index contributed by atoms with van der Waals surface area (Å²) in [6, 6.07) is 11.2. The number of carbonyl (C=O) groups is 2. The molecule has 3 aromatic rings. The highest BCUT2D eigenvalue weighted by Crippen LogP contribution is 2.53. The quantitative estimate of drug-likeness (QED) is 0.405. The van der Waals surface area contributed by atoms with E-state index in [1.165, 1.54) is 36.6 Å². The lowest BCUT2D eigenvalue weighted by Gasteiger charge is -2.32.